The summed E-state index contributed by atoms with van der Waals surface area (Å²) in [5.74, 6) is 0. The molecule has 0 spiro atoms. The molecule has 1 aliphatic carbocycles. The van der Waals surface area contributed by atoms with Gasteiger partial charge in [-0.2, -0.15) is 0 Å². The molecule has 0 radical (unpaired) electrons. The van der Waals surface area contributed by atoms with Gasteiger partial charge in [0.15, 0.2) is 0 Å². The van der Waals surface area contributed by atoms with E-state index in [1.54, 1.807) is 0 Å². The second kappa shape index (κ2) is 5.10. The molecular formula is C12H20N2S. The predicted octanol–water partition coefficient (Wildman–Crippen LogP) is 2.50. The van der Waals surface area contributed by atoms with Crippen molar-refractivity contribution < 1.29 is 0 Å². The summed E-state index contributed by atoms with van der Waals surface area (Å²) in [6.07, 6.45) is 6.52. The van der Waals surface area contributed by atoms with Gasteiger partial charge in [-0.25, -0.2) is 0 Å². The van der Waals surface area contributed by atoms with Gasteiger partial charge in [-0.15, -0.1) is 11.3 Å². The van der Waals surface area contributed by atoms with E-state index in [2.05, 4.69) is 22.8 Å². The second-order valence-electron chi connectivity index (χ2n) is 4.48. The molecule has 2 nitrogen and oxygen atoms in total. The van der Waals surface area contributed by atoms with E-state index in [4.69, 9.17) is 5.73 Å². The average molecular weight is 224 g/mol. The van der Waals surface area contributed by atoms with E-state index in [0.29, 0.717) is 0 Å². The summed E-state index contributed by atoms with van der Waals surface area (Å²) in [5.41, 5.74) is 6.14. The Morgan fingerprint density at radius 3 is 2.73 bits per heavy atom. The molecule has 0 bridgehead atoms. The molecule has 0 atom stereocenters. The summed E-state index contributed by atoms with van der Waals surface area (Å²) in [4.78, 5) is 1.41. The van der Waals surface area contributed by atoms with E-state index in [-0.39, 0.29) is 5.54 Å². The van der Waals surface area contributed by atoms with Crippen molar-refractivity contribution in [3.05, 3.63) is 22.4 Å². The largest absolute Gasteiger partial charge is 0.329 e. The Kier molecular flexibility index (Phi) is 3.78. The van der Waals surface area contributed by atoms with Gasteiger partial charge in [0.1, 0.15) is 0 Å². The highest BCUT2D eigenvalue weighted by molar-refractivity contribution is 7.09. The van der Waals surface area contributed by atoms with E-state index in [1.165, 1.54) is 37.0 Å². The van der Waals surface area contributed by atoms with Crippen LogP contribution in [0.25, 0.3) is 0 Å². The van der Waals surface area contributed by atoms with Crippen molar-refractivity contribution in [2.45, 2.75) is 44.2 Å². The maximum absolute atomic E-state index is 5.92. The summed E-state index contributed by atoms with van der Waals surface area (Å²) in [6.45, 7) is 1.76. The molecule has 2 rings (SSSR count). The van der Waals surface area contributed by atoms with Crippen LogP contribution < -0.4 is 11.1 Å². The summed E-state index contributed by atoms with van der Waals surface area (Å²) in [7, 11) is 0. The van der Waals surface area contributed by atoms with E-state index < -0.39 is 0 Å². The highest BCUT2D eigenvalue weighted by Crippen LogP contribution is 2.27. The molecule has 3 N–H and O–H groups in total. The first kappa shape index (κ1) is 11.1. The molecule has 3 heteroatoms. The zero-order valence-electron chi connectivity index (χ0n) is 9.17. The van der Waals surface area contributed by atoms with Crippen LogP contribution in [-0.4, -0.2) is 12.1 Å². The Morgan fingerprint density at radius 2 is 2.13 bits per heavy atom. The number of nitrogens with two attached hydrogens (primary N) is 1. The Labute approximate surface area is 95.9 Å². The first-order valence-corrected chi connectivity index (χ1v) is 6.70. The summed E-state index contributed by atoms with van der Waals surface area (Å²) in [6, 6.07) is 4.29. The highest BCUT2D eigenvalue weighted by Gasteiger charge is 2.29. The number of rotatable bonds is 4. The van der Waals surface area contributed by atoms with Crippen LogP contribution in [0.15, 0.2) is 17.5 Å². The fourth-order valence-corrected chi connectivity index (χ4v) is 3.01. The summed E-state index contributed by atoms with van der Waals surface area (Å²) in [5, 5.41) is 5.80. The van der Waals surface area contributed by atoms with Gasteiger partial charge in [-0.3, -0.25) is 0 Å². The van der Waals surface area contributed by atoms with Gasteiger partial charge in [-0.05, 0) is 24.3 Å². The van der Waals surface area contributed by atoms with Crippen molar-refractivity contribution in [3.8, 4) is 0 Å². The van der Waals surface area contributed by atoms with Crippen molar-refractivity contribution in [2.75, 3.05) is 6.54 Å². The van der Waals surface area contributed by atoms with Crippen LogP contribution in [-0.2, 0) is 6.54 Å². The zero-order chi connectivity index (χ0) is 10.6. The lowest BCUT2D eigenvalue weighted by molar-refractivity contribution is 0.237. The summed E-state index contributed by atoms with van der Waals surface area (Å²) < 4.78 is 0. The van der Waals surface area contributed by atoms with Crippen molar-refractivity contribution in [1.82, 2.24) is 5.32 Å². The molecule has 0 unspecified atom stereocenters. The van der Waals surface area contributed by atoms with Gasteiger partial charge in [-0.1, -0.05) is 25.3 Å². The first-order chi connectivity index (χ1) is 7.35. The molecule has 0 amide bonds. The van der Waals surface area contributed by atoms with Crippen molar-refractivity contribution in [2.24, 2.45) is 5.73 Å². The van der Waals surface area contributed by atoms with Crippen LogP contribution in [0.2, 0.25) is 0 Å². The number of nitrogens with one attached hydrogen (secondary N) is 1. The molecule has 15 heavy (non-hydrogen) atoms. The van der Waals surface area contributed by atoms with Crippen LogP contribution in [0.4, 0.5) is 0 Å². The zero-order valence-corrected chi connectivity index (χ0v) is 9.98. The summed E-state index contributed by atoms with van der Waals surface area (Å²) >= 11 is 1.82. The lowest BCUT2D eigenvalue weighted by atomic mass is 9.81. The maximum Gasteiger partial charge on any atom is 0.0307 e. The maximum atomic E-state index is 5.92. The van der Waals surface area contributed by atoms with Crippen LogP contribution >= 0.6 is 11.3 Å². The molecule has 0 aliphatic heterocycles. The lowest BCUT2D eigenvalue weighted by Crippen LogP contribution is -2.51. The van der Waals surface area contributed by atoms with Crippen molar-refractivity contribution in [1.29, 1.82) is 0 Å². The second-order valence-corrected chi connectivity index (χ2v) is 5.51. The van der Waals surface area contributed by atoms with E-state index in [1.807, 2.05) is 11.3 Å². The van der Waals surface area contributed by atoms with Crippen LogP contribution in [0, 0.1) is 0 Å². The third-order valence-electron chi connectivity index (χ3n) is 3.42. The normalized spacial score (nSPS) is 20.3. The van der Waals surface area contributed by atoms with Gasteiger partial charge in [0.25, 0.3) is 0 Å². The molecule has 0 saturated heterocycles. The highest BCUT2D eigenvalue weighted by atomic mass is 32.1. The van der Waals surface area contributed by atoms with Gasteiger partial charge >= 0.3 is 0 Å². The SMILES string of the molecule is NCC1(NCc2cccs2)CCCCC1. The van der Waals surface area contributed by atoms with Gasteiger partial charge < -0.3 is 11.1 Å². The topological polar surface area (TPSA) is 38.0 Å². The minimum atomic E-state index is 0.224. The quantitative estimate of drug-likeness (QED) is 0.824. The molecule has 1 aromatic heterocycles. The molecular weight excluding hydrogens is 204 g/mol. The fourth-order valence-electron chi connectivity index (χ4n) is 2.37. The first-order valence-electron chi connectivity index (χ1n) is 5.82. The van der Waals surface area contributed by atoms with Crippen molar-refractivity contribution in [3.63, 3.8) is 0 Å². The number of hydrogen-bond donors (Lipinski definition) is 2. The predicted molar refractivity (Wildman–Crippen MR) is 66.0 cm³/mol. The molecule has 1 aliphatic rings. The molecule has 1 saturated carbocycles. The average Bonchev–Trinajstić information content (AvgIpc) is 2.81. The molecule has 0 aromatic carbocycles. The van der Waals surface area contributed by atoms with Crippen LogP contribution in [0.5, 0.6) is 0 Å². The Morgan fingerprint density at radius 1 is 1.33 bits per heavy atom. The van der Waals surface area contributed by atoms with E-state index in [0.717, 1.165) is 13.1 Å². The number of hydrogen-bond acceptors (Lipinski definition) is 3. The Balaban J connectivity index is 1.89. The fraction of sp³-hybridized carbons (Fsp3) is 0.667. The smallest absolute Gasteiger partial charge is 0.0307 e. The monoisotopic (exact) mass is 224 g/mol. The van der Waals surface area contributed by atoms with Gasteiger partial charge in [0.2, 0.25) is 0 Å². The van der Waals surface area contributed by atoms with Crippen LogP contribution in [0.1, 0.15) is 37.0 Å². The van der Waals surface area contributed by atoms with Gasteiger partial charge in [0.05, 0.1) is 0 Å². The lowest BCUT2D eigenvalue weighted by Gasteiger charge is -2.37. The molecule has 84 valence electrons. The number of thiophene rings is 1. The third kappa shape index (κ3) is 2.80. The minimum Gasteiger partial charge on any atom is -0.329 e. The van der Waals surface area contributed by atoms with Crippen LogP contribution in [0.3, 0.4) is 0 Å². The van der Waals surface area contributed by atoms with E-state index in [9.17, 15) is 0 Å². The Bertz CT molecular complexity index is 276. The van der Waals surface area contributed by atoms with Gasteiger partial charge in [0, 0.05) is 23.5 Å². The molecule has 1 aromatic rings. The van der Waals surface area contributed by atoms with E-state index >= 15 is 0 Å². The van der Waals surface area contributed by atoms with Crippen molar-refractivity contribution >= 4 is 11.3 Å². The molecule has 1 fully saturated rings. The third-order valence-corrected chi connectivity index (χ3v) is 4.30. The standard InChI is InChI=1S/C12H20N2S/c13-10-12(6-2-1-3-7-12)14-9-11-5-4-8-15-11/h4-5,8,14H,1-3,6-7,9-10,13H2. The minimum absolute atomic E-state index is 0.224. The Hall–Kier alpha value is -0.380. The molecule has 1 heterocycles.